The maximum absolute atomic E-state index is 4.75. The molecule has 1 aliphatic heterocycles. The third-order valence-electron chi connectivity index (χ3n) is 5.71. The van der Waals surface area contributed by atoms with E-state index in [0.29, 0.717) is 12.0 Å². The zero-order valence-electron chi connectivity index (χ0n) is 15.1. The molecule has 3 aromatic heterocycles. The molecule has 0 unspecified atom stereocenters. The molecule has 3 aromatic rings. The van der Waals surface area contributed by atoms with Crippen LogP contribution in [0.1, 0.15) is 37.3 Å². The van der Waals surface area contributed by atoms with E-state index in [4.69, 9.17) is 10.1 Å². The maximum atomic E-state index is 4.75. The molecule has 5 rings (SSSR count). The summed E-state index contributed by atoms with van der Waals surface area (Å²) in [5, 5.41) is 4.75. The van der Waals surface area contributed by atoms with Gasteiger partial charge < -0.3 is 9.80 Å². The summed E-state index contributed by atoms with van der Waals surface area (Å²) in [6.07, 6.45) is 10.5. The highest BCUT2D eigenvalue weighted by atomic mass is 15.3. The van der Waals surface area contributed by atoms with E-state index >= 15 is 0 Å². The lowest BCUT2D eigenvalue weighted by Crippen LogP contribution is -2.44. The largest absolute Gasteiger partial charge is 0.357 e. The lowest BCUT2D eigenvalue weighted by atomic mass is 10.0. The summed E-state index contributed by atoms with van der Waals surface area (Å²) in [6, 6.07) is 8.86. The van der Waals surface area contributed by atoms with Crippen molar-refractivity contribution >= 4 is 17.2 Å². The van der Waals surface area contributed by atoms with E-state index in [1.54, 1.807) is 0 Å². The Bertz CT molecular complexity index is 893. The summed E-state index contributed by atoms with van der Waals surface area (Å²) in [4.78, 5) is 13.9. The Hall–Kier alpha value is -2.63. The van der Waals surface area contributed by atoms with Gasteiger partial charge in [-0.15, -0.1) is 0 Å². The number of hydrogen-bond donors (Lipinski definition) is 0. The van der Waals surface area contributed by atoms with Crippen LogP contribution in [0.3, 0.4) is 0 Å². The monoisotopic (exact) mass is 348 g/mol. The first-order chi connectivity index (χ1) is 12.8. The van der Waals surface area contributed by atoms with Crippen molar-refractivity contribution < 1.29 is 0 Å². The maximum Gasteiger partial charge on any atom is 0.154 e. The van der Waals surface area contributed by atoms with Crippen molar-refractivity contribution in [2.45, 2.75) is 37.6 Å². The average Bonchev–Trinajstić information content (AvgIpc) is 3.46. The minimum absolute atomic E-state index is 0.521. The Morgan fingerprint density at radius 2 is 1.88 bits per heavy atom. The van der Waals surface area contributed by atoms with Gasteiger partial charge in [0, 0.05) is 50.7 Å². The van der Waals surface area contributed by atoms with Crippen LogP contribution in [0.2, 0.25) is 0 Å². The van der Waals surface area contributed by atoms with Crippen LogP contribution >= 0.6 is 0 Å². The second-order valence-electron chi connectivity index (χ2n) is 7.44. The van der Waals surface area contributed by atoms with Gasteiger partial charge in [0.1, 0.15) is 11.3 Å². The van der Waals surface area contributed by atoms with Crippen molar-refractivity contribution in [1.82, 2.24) is 19.6 Å². The number of piperidine rings is 1. The number of fused-ring (bicyclic) bond motifs is 1. The molecule has 1 aliphatic carbocycles. The topological polar surface area (TPSA) is 49.6 Å². The number of pyridine rings is 1. The molecule has 6 nitrogen and oxygen atoms in total. The van der Waals surface area contributed by atoms with Crippen molar-refractivity contribution in [2.75, 3.05) is 29.9 Å². The number of anilines is 2. The van der Waals surface area contributed by atoms with Crippen LogP contribution in [0.25, 0.3) is 5.52 Å². The third-order valence-corrected chi connectivity index (χ3v) is 5.71. The zero-order chi connectivity index (χ0) is 17.5. The van der Waals surface area contributed by atoms with Crippen LogP contribution in [-0.4, -0.2) is 45.8 Å². The average molecular weight is 348 g/mol. The van der Waals surface area contributed by atoms with Crippen molar-refractivity contribution in [3.63, 3.8) is 0 Å². The number of aromatic nitrogens is 4. The fourth-order valence-corrected chi connectivity index (χ4v) is 3.96. The molecular weight excluding hydrogens is 324 g/mol. The van der Waals surface area contributed by atoms with Crippen LogP contribution in [0, 0.1) is 0 Å². The van der Waals surface area contributed by atoms with Crippen molar-refractivity contribution in [2.24, 2.45) is 0 Å². The van der Waals surface area contributed by atoms with Crippen LogP contribution in [0.5, 0.6) is 0 Å². The lowest BCUT2D eigenvalue weighted by molar-refractivity contribution is 0.478. The quantitative estimate of drug-likeness (QED) is 0.725. The first-order valence-electron chi connectivity index (χ1n) is 9.53. The van der Waals surface area contributed by atoms with Crippen LogP contribution in [-0.2, 0) is 0 Å². The molecule has 0 aromatic carbocycles. The summed E-state index contributed by atoms with van der Waals surface area (Å²) < 4.78 is 2.00. The predicted molar refractivity (Wildman–Crippen MR) is 103 cm³/mol. The van der Waals surface area contributed by atoms with E-state index in [0.717, 1.165) is 43.1 Å². The molecule has 0 atom stereocenters. The smallest absolute Gasteiger partial charge is 0.154 e. The Morgan fingerprint density at radius 1 is 1.04 bits per heavy atom. The van der Waals surface area contributed by atoms with Gasteiger partial charge in [-0.1, -0.05) is 6.07 Å². The second-order valence-corrected chi connectivity index (χ2v) is 7.44. The Kier molecular flexibility index (Phi) is 3.76. The number of hydrogen-bond acceptors (Lipinski definition) is 5. The van der Waals surface area contributed by atoms with Gasteiger partial charge >= 0.3 is 0 Å². The predicted octanol–water partition coefficient (Wildman–Crippen LogP) is 3.11. The van der Waals surface area contributed by atoms with Crippen molar-refractivity contribution in [1.29, 1.82) is 0 Å². The molecule has 1 saturated heterocycles. The highest BCUT2D eigenvalue weighted by molar-refractivity contribution is 5.69. The molecule has 26 heavy (non-hydrogen) atoms. The van der Waals surface area contributed by atoms with E-state index in [1.807, 2.05) is 29.2 Å². The van der Waals surface area contributed by atoms with Gasteiger partial charge in [0.05, 0.1) is 5.69 Å². The molecule has 1 saturated carbocycles. The van der Waals surface area contributed by atoms with Gasteiger partial charge in [-0.25, -0.2) is 14.5 Å². The first kappa shape index (κ1) is 15.6. The zero-order valence-corrected chi connectivity index (χ0v) is 15.1. The fraction of sp³-hybridized carbons (Fsp3) is 0.450. The summed E-state index contributed by atoms with van der Waals surface area (Å²) >= 11 is 0. The lowest BCUT2D eigenvalue weighted by Gasteiger charge is -2.37. The number of rotatable bonds is 4. The summed E-state index contributed by atoms with van der Waals surface area (Å²) in [6.45, 7) is 2.02. The normalized spacial score (nSPS) is 18.4. The van der Waals surface area contributed by atoms with Gasteiger partial charge in [0.15, 0.2) is 5.82 Å². The number of nitrogens with zero attached hydrogens (tertiary/aromatic N) is 6. The Balaban J connectivity index is 1.33. The fourth-order valence-electron chi connectivity index (χ4n) is 3.96. The molecule has 2 aliphatic rings. The molecule has 6 heteroatoms. The van der Waals surface area contributed by atoms with Crippen molar-refractivity contribution in [3.8, 4) is 0 Å². The molecule has 0 radical (unpaired) electrons. The summed E-state index contributed by atoms with van der Waals surface area (Å²) in [5.74, 6) is 2.79. The SMILES string of the molecule is CN(c1ccccn1)C1CCN(c2nccn3nc(C4CC4)cc23)CC1. The molecule has 0 N–H and O–H groups in total. The minimum Gasteiger partial charge on any atom is -0.357 e. The molecule has 2 fully saturated rings. The van der Waals surface area contributed by atoms with E-state index in [1.165, 1.54) is 18.5 Å². The van der Waals surface area contributed by atoms with Gasteiger partial charge in [0.25, 0.3) is 0 Å². The van der Waals surface area contributed by atoms with Gasteiger partial charge in [-0.3, -0.25) is 0 Å². The summed E-state index contributed by atoms with van der Waals surface area (Å²) in [7, 11) is 2.15. The van der Waals surface area contributed by atoms with Crippen LogP contribution in [0.15, 0.2) is 42.9 Å². The third kappa shape index (κ3) is 2.79. The highest BCUT2D eigenvalue weighted by Crippen LogP contribution is 2.40. The highest BCUT2D eigenvalue weighted by Gasteiger charge is 2.28. The summed E-state index contributed by atoms with van der Waals surface area (Å²) in [5.41, 5.74) is 2.37. The van der Waals surface area contributed by atoms with Gasteiger partial charge in [-0.05, 0) is 43.9 Å². The van der Waals surface area contributed by atoms with E-state index in [2.05, 4.69) is 40.0 Å². The molecule has 0 spiro atoms. The van der Waals surface area contributed by atoms with Gasteiger partial charge in [0.2, 0.25) is 0 Å². The molecular formula is C20H24N6. The first-order valence-corrected chi connectivity index (χ1v) is 9.53. The van der Waals surface area contributed by atoms with Crippen LogP contribution in [0.4, 0.5) is 11.6 Å². The van der Waals surface area contributed by atoms with Crippen LogP contribution < -0.4 is 9.80 Å². The Labute approximate surface area is 153 Å². The van der Waals surface area contributed by atoms with E-state index in [-0.39, 0.29) is 0 Å². The second kappa shape index (κ2) is 6.27. The molecule has 0 bridgehead atoms. The standard InChI is InChI=1S/C20H24N6/c1-24(19-4-2-3-9-21-19)16-7-11-25(12-8-16)20-18-14-17(15-5-6-15)23-26(18)13-10-22-20/h2-4,9-10,13-16H,5-8,11-12H2,1H3. The Morgan fingerprint density at radius 3 is 2.62 bits per heavy atom. The molecule has 0 amide bonds. The molecule has 134 valence electrons. The van der Waals surface area contributed by atoms with E-state index in [9.17, 15) is 0 Å². The van der Waals surface area contributed by atoms with Gasteiger partial charge in [-0.2, -0.15) is 5.10 Å². The minimum atomic E-state index is 0.521. The molecule has 4 heterocycles. The van der Waals surface area contributed by atoms with Crippen molar-refractivity contribution in [3.05, 3.63) is 48.5 Å². The van der Waals surface area contributed by atoms with E-state index < -0.39 is 0 Å².